The van der Waals surface area contributed by atoms with E-state index in [2.05, 4.69) is 22.1 Å². The van der Waals surface area contributed by atoms with Gasteiger partial charge in [-0.05, 0) is 26.7 Å². The number of hydrogen-bond donors (Lipinski definition) is 1. The third kappa shape index (κ3) is 4.28. The Morgan fingerprint density at radius 3 is 3.14 bits per heavy atom. The Balaban J connectivity index is 1.97. The lowest BCUT2D eigenvalue weighted by molar-refractivity contribution is 0.122. The van der Waals surface area contributed by atoms with Crippen molar-refractivity contribution in [2.75, 3.05) is 31.2 Å². The maximum atomic E-state index is 12.2. The van der Waals surface area contributed by atoms with E-state index in [0.29, 0.717) is 17.9 Å². The standard InChI is InChI=1S/C15H26N4O2/c1-4-21-11-12(2)17-13-6-5-8-19(10-13)14-15(20)18(3)9-7-16-14/h7,9,12-13,17H,4-6,8,10-11H2,1-3H3/t12-,13+/m1/s1. The van der Waals surface area contributed by atoms with Crippen molar-refractivity contribution in [3.05, 3.63) is 22.7 Å². The minimum atomic E-state index is -0.0273. The van der Waals surface area contributed by atoms with Gasteiger partial charge in [0.25, 0.3) is 5.56 Å². The van der Waals surface area contributed by atoms with Gasteiger partial charge in [0.05, 0.1) is 6.61 Å². The van der Waals surface area contributed by atoms with Crippen LogP contribution in [0, 0.1) is 0 Å². The maximum absolute atomic E-state index is 12.2. The number of nitrogens with zero attached hydrogens (tertiary/aromatic N) is 3. The van der Waals surface area contributed by atoms with Crippen molar-refractivity contribution in [2.24, 2.45) is 7.05 Å². The van der Waals surface area contributed by atoms with Gasteiger partial charge >= 0.3 is 0 Å². The van der Waals surface area contributed by atoms with E-state index < -0.39 is 0 Å². The zero-order valence-corrected chi connectivity index (χ0v) is 13.2. The van der Waals surface area contributed by atoms with E-state index in [1.807, 2.05) is 6.92 Å². The molecule has 2 heterocycles. The second-order valence-electron chi connectivity index (χ2n) is 5.68. The first-order chi connectivity index (χ1) is 10.1. The number of piperidine rings is 1. The van der Waals surface area contributed by atoms with Crippen molar-refractivity contribution < 1.29 is 4.74 Å². The summed E-state index contributed by atoms with van der Waals surface area (Å²) in [6.45, 7) is 7.32. The molecule has 1 aliphatic rings. The van der Waals surface area contributed by atoms with Crippen LogP contribution in [0.4, 0.5) is 5.82 Å². The number of hydrogen-bond acceptors (Lipinski definition) is 5. The first kappa shape index (κ1) is 16.0. The van der Waals surface area contributed by atoms with Crippen molar-refractivity contribution in [1.82, 2.24) is 14.9 Å². The number of ether oxygens (including phenoxy) is 1. The largest absolute Gasteiger partial charge is 0.380 e. The van der Waals surface area contributed by atoms with Gasteiger partial charge in [0.2, 0.25) is 0 Å². The molecule has 1 aromatic rings. The highest BCUT2D eigenvalue weighted by molar-refractivity contribution is 5.36. The molecule has 0 spiro atoms. The molecule has 6 heteroatoms. The molecule has 118 valence electrons. The molecule has 1 fully saturated rings. The molecule has 2 atom stereocenters. The molecule has 6 nitrogen and oxygen atoms in total. The predicted molar refractivity (Wildman–Crippen MR) is 83.8 cm³/mol. The third-order valence-corrected chi connectivity index (χ3v) is 3.81. The maximum Gasteiger partial charge on any atom is 0.293 e. The second kappa shape index (κ2) is 7.56. The van der Waals surface area contributed by atoms with Crippen LogP contribution >= 0.6 is 0 Å². The van der Waals surface area contributed by atoms with Crippen molar-refractivity contribution >= 4 is 5.82 Å². The highest BCUT2D eigenvalue weighted by Gasteiger charge is 2.23. The average molecular weight is 294 g/mol. The zero-order valence-electron chi connectivity index (χ0n) is 13.2. The van der Waals surface area contributed by atoms with Crippen LogP contribution in [-0.4, -0.2) is 47.9 Å². The molecule has 0 saturated carbocycles. The van der Waals surface area contributed by atoms with E-state index in [9.17, 15) is 4.79 Å². The molecule has 1 saturated heterocycles. The van der Waals surface area contributed by atoms with Crippen LogP contribution in [0.3, 0.4) is 0 Å². The summed E-state index contributed by atoms with van der Waals surface area (Å²) >= 11 is 0. The number of aromatic nitrogens is 2. The minimum absolute atomic E-state index is 0.0273. The molecule has 0 radical (unpaired) electrons. The van der Waals surface area contributed by atoms with Crippen LogP contribution in [0.5, 0.6) is 0 Å². The number of anilines is 1. The quantitative estimate of drug-likeness (QED) is 0.839. The second-order valence-corrected chi connectivity index (χ2v) is 5.68. The lowest BCUT2D eigenvalue weighted by atomic mass is 10.0. The SMILES string of the molecule is CCOC[C@@H](C)N[C@H]1CCCN(c2nccn(C)c2=O)C1. The fourth-order valence-corrected chi connectivity index (χ4v) is 2.75. The first-order valence-corrected chi connectivity index (χ1v) is 7.72. The summed E-state index contributed by atoms with van der Waals surface area (Å²) in [6.07, 6.45) is 5.57. The molecular weight excluding hydrogens is 268 g/mol. The Kier molecular flexibility index (Phi) is 5.76. The van der Waals surface area contributed by atoms with E-state index in [-0.39, 0.29) is 5.56 Å². The molecule has 1 N–H and O–H groups in total. The smallest absolute Gasteiger partial charge is 0.293 e. The highest BCUT2D eigenvalue weighted by atomic mass is 16.5. The van der Waals surface area contributed by atoms with E-state index in [4.69, 9.17) is 4.74 Å². The van der Waals surface area contributed by atoms with Crippen LogP contribution < -0.4 is 15.8 Å². The molecular formula is C15H26N4O2. The fourth-order valence-electron chi connectivity index (χ4n) is 2.75. The Labute approximate surface area is 126 Å². The van der Waals surface area contributed by atoms with E-state index in [0.717, 1.165) is 39.1 Å². The summed E-state index contributed by atoms with van der Waals surface area (Å²) in [5.41, 5.74) is -0.0273. The molecule has 2 rings (SSSR count). The van der Waals surface area contributed by atoms with Crippen LogP contribution in [0.1, 0.15) is 26.7 Å². The van der Waals surface area contributed by atoms with Gasteiger partial charge in [0, 0.05) is 51.2 Å². The van der Waals surface area contributed by atoms with Crippen LogP contribution in [0.15, 0.2) is 17.2 Å². The van der Waals surface area contributed by atoms with Gasteiger partial charge in [-0.15, -0.1) is 0 Å². The lowest BCUT2D eigenvalue weighted by Crippen LogP contribution is -2.51. The number of aryl methyl sites for hydroxylation is 1. The van der Waals surface area contributed by atoms with Gasteiger partial charge in [-0.3, -0.25) is 4.79 Å². The van der Waals surface area contributed by atoms with Crippen LogP contribution in [0.2, 0.25) is 0 Å². The molecule has 1 aliphatic heterocycles. The van der Waals surface area contributed by atoms with Crippen molar-refractivity contribution in [1.29, 1.82) is 0 Å². The molecule has 0 aromatic carbocycles. The Hall–Kier alpha value is -1.40. The fraction of sp³-hybridized carbons (Fsp3) is 0.733. The highest BCUT2D eigenvalue weighted by Crippen LogP contribution is 2.15. The predicted octanol–water partition coefficient (Wildman–Crippen LogP) is 0.764. The third-order valence-electron chi connectivity index (χ3n) is 3.81. The summed E-state index contributed by atoms with van der Waals surface area (Å²) in [7, 11) is 1.76. The van der Waals surface area contributed by atoms with Crippen molar-refractivity contribution in [3.63, 3.8) is 0 Å². The average Bonchev–Trinajstić information content (AvgIpc) is 2.48. The normalized spacial score (nSPS) is 20.5. The zero-order chi connectivity index (χ0) is 15.2. The summed E-state index contributed by atoms with van der Waals surface area (Å²) in [5.74, 6) is 0.559. The van der Waals surface area contributed by atoms with E-state index in [1.54, 1.807) is 24.0 Å². The molecule has 21 heavy (non-hydrogen) atoms. The van der Waals surface area contributed by atoms with Gasteiger partial charge in [-0.25, -0.2) is 4.98 Å². The first-order valence-electron chi connectivity index (χ1n) is 7.72. The molecule has 0 aliphatic carbocycles. The summed E-state index contributed by atoms with van der Waals surface area (Å²) in [5, 5.41) is 3.58. The van der Waals surface area contributed by atoms with Gasteiger partial charge in [0.1, 0.15) is 0 Å². The van der Waals surface area contributed by atoms with Crippen molar-refractivity contribution in [2.45, 2.75) is 38.8 Å². The Morgan fingerprint density at radius 1 is 1.57 bits per heavy atom. The number of nitrogens with one attached hydrogen (secondary N) is 1. The number of rotatable bonds is 6. The van der Waals surface area contributed by atoms with Gasteiger partial charge in [0.15, 0.2) is 5.82 Å². The monoisotopic (exact) mass is 294 g/mol. The van der Waals surface area contributed by atoms with Gasteiger partial charge in [-0.2, -0.15) is 0 Å². The van der Waals surface area contributed by atoms with Gasteiger partial charge in [-0.1, -0.05) is 0 Å². The van der Waals surface area contributed by atoms with E-state index in [1.165, 1.54) is 0 Å². The van der Waals surface area contributed by atoms with Crippen LogP contribution in [0.25, 0.3) is 0 Å². The van der Waals surface area contributed by atoms with Crippen molar-refractivity contribution in [3.8, 4) is 0 Å². The van der Waals surface area contributed by atoms with Crippen LogP contribution in [-0.2, 0) is 11.8 Å². The molecule has 1 aromatic heterocycles. The molecule has 0 bridgehead atoms. The topological polar surface area (TPSA) is 59.4 Å². The van der Waals surface area contributed by atoms with Gasteiger partial charge < -0.3 is 19.5 Å². The minimum Gasteiger partial charge on any atom is -0.380 e. The Morgan fingerprint density at radius 2 is 2.38 bits per heavy atom. The summed E-state index contributed by atoms with van der Waals surface area (Å²) in [6, 6.07) is 0.697. The summed E-state index contributed by atoms with van der Waals surface area (Å²) in [4.78, 5) is 18.5. The Bertz CT molecular complexity index is 503. The lowest BCUT2D eigenvalue weighted by Gasteiger charge is -2.35. The summed E-state index contributed by atoms with van der Waals surface area (Å²) < 4.78 is 7.02. The molecule has 0 unspecified atom stereocenters. The van der Waals surface area contributed by atoms with E-state index >= 15 is 0 Å². The molecule has 0 amide bonds.